The molecule has 0 radical (unpaired) electrons. The Morgan fingerprint density at radius 1 is 0.422 bits per heavy atom. The summed E-state index contributed by atoms with van der Waals surface area (Å²) in [5.74, 6) is 1.22. The number of nitrogens with zero attached hydrogens (tertiary/aromatic N) is 2. The van der Waals surface area contributed by atoms with Crippen molar-refractivity contribution in [3.63, 3.8) is 0 Å². The summed E-state index contributed by atoms with van der Waals surface area (Å²) >= 11 is 0. The highest BCUT2D eigenvalue weighted by molar-refractivity contribution is 6.11. The third-order valence-electron chi connectivity index (χ3n) is 13.2. The highest BCUT2D eigenvalue weighted by Gasteiger charge is 2.33. The van der Waals surface area contributed by atoms with Crippen molar-refractivity contribution in [2.45, 2.75) is 12.0 Å². The average molecular weight is 821 g/mol. The summed E-state index contributed by atoms with van der Waals surface area (Å²) in [4.78, 5) is 2.34. The van der Waals surface area contributed by atoms with Gasteiger partial charge < -0.3 is 18.6 Å². The van der Waals surface area contributed by atoms with Gasteiger partial charge in [0, 0.05) is 66.9 Å². The van der Waals surface area contributed by atoms with Crippen LogP contribution in [0.15, 0.2) is 235 Å². The number of benzene rings is 9. The lowest BCUT2D eigenvalue weighted by atomic mass is 9.90. The van der Waals surface area contributed by atoms with E-state index < -0.39 is 0 Å². The molecule has 0 spiro atoms. The minimum absolute atomic E-state index is 0.0392. The normalized spacial score (nSPS) is 15.2. The van der Waals surface area contributed by atoms with E-state index in [4.69, 9.17) is 9.15 Å². The van der Waals surface area contributed by atoms with Gasteiger partial charge in [-0.2, -0.15) is 0 Å². The minimum atomic E-state index is 0.0392. The highest BCUT2D eigenvalue weighted by Crippen LogP contribution is 2.47. The van der Waals surface area contributed by atoms with Crippen molar-refractivity contribution in [2.24, 2.45) is 0 Å². The summed E-state index contributed by atoms with van der Waals surface area (Å²) < 4.78 is 15.4. The number of aromatic nitrogens is 1. The number of fused-ring (bicyclic) bond motifs is 9. The molecule has 0 amide bonds. The molecule has 1 aliphatic carbocycles. The van der Waals surface area contributed by atoms with Crippen LogP contribution >= 0.6 is 0 Å². The van der Waals surface area contributed by atoms with Gasteiger partial charge in [-0.3, -0.25) is 0 Å². The molecule has 302 valence electrons. The second kappa shape index (κ2) is 14.6. The van der Waals surface area contributed by atoms with E-state index in [1.165, 1.54) is 32.9 Å². The molecule has 2 unspecified atom stereocenters. The zero-order chi connectivity index (χ0) is 42.1. The molecule has 0 N–H and O–H groups in total. The molecule has 64 heavy (non-hydrogen) atoms. The Hall–Kier alpha value is -8.34. The number of rotatable bonds is 7. The Bertz CT molecular complexity index is 3630. The maximum Gasteiger partial charge on any atom is 0.143 e. The summed E-state index contributed by atoms with van der Waals surface area (Å²) in [6, 6.07) is 74.1. The molecule has 0 saturated heterocycles. The first-order valence-corrected chi connectivity index (χ1v) is 22.0. The van der Waals surface area contributed by atoms with E-state index in [1.54, 1.807) is 0 Å². The summed E-state index contributed by atoms with van der Waals surface area (Å²) in [7, 11) is 0. The van der Waals surface area contributed by atoms with Crippen molar-refractivity contribution < 1.29 is 9.15 Å². The van der Waals surface area contributed by atoms with Gasteiger partial charge in [0.1, 0.15) is 23.0 Å². The highest BCUT2D eigenvalue weighted by atomic mass is 16.5. The predicted octanol–water partition coefficient (Wildman–Crippen LogP) is 16.1. The second-order valence-corrected chi connectivity index (χ2v) is 16.8. The van der Waals surface area contributed by atoms with E-state index in [0.717, 1.165) is 78.3 Å². The number of para-hydroxylation sites is 5. The number of hydrogen-bond acceptors (Lipinski definition) is 3. The van der Waals surface area contributed by atoms with Gasteiger partial charge in [-0.15, -0.1) is 0 Å². The van der Waals surface area contributed by atoms with Crippen LogP contribution in [0.1, 0.15) is 11.5 Å². The molecule has 1 aliphatic heterocycles. The van der Waals surface area contributed by atoms with Crippen molar-refractivity contribution in [3.8, 4) is 44.8 Å². The topological polar surface area (TPSA) is 30.5 Å². The van der Waals surface area contributed by atoms with Gasteiger partial charge >= 0.3 is 0 Å². The first-order valence-electron chi connectivity index (χ1n) is 22.0. The van der Waals surface area contributed by atoms with Gasteiger partial charge in [0.25, 0.3) is 0 Å². The molecule has 0 bridgehead atoms. The summed E-state index contributed by atoms with van der Waals surface area (Å²) in [5, 5.41) is 4.74. The lowest BCUT2D eigenvalue weighted by molar-refractivity contribution is 0.270. The van der Waals surface area contributed by atoms with Gasteiger partial charge in [0.15, 0.2) is 0 Å². The Balaban J connectivity index is 0.888. The van der Waals surface area contributed by atoms with Crippen LogP contribution in [0.2, 0.25) is 0 Å². The number of anilines is 3. The third kappa shape index (κ3) is 5.84. The Morgan fingerprint density at radius 2 is 1.02 bits per heavy atom. The summed E-state index contributed by atoms with van der Waals surface area (Å²) in [5.41, 5.74) is 16.6. The Kier molecular flexibility index (Phi) is 8.31. The zero-order valence-electron chi connectivity index (χ0n) is 34.8. The second-order valence-electron chi connectivity index (χ2n) is 16.8. The van der Waals surface area contributed by atoms with Crippen molar-refractivity contribution in [3.05, 3.63) is 236 Å². The van der Waals surface area contributed by atoms with Crippen LogP contribution in [0.3, 0.4) is 0 Å². The molecule has 4 nitrogen and oxygen atoms in total. The Labute approximate surface area is 370 Å². The first-order chi connectivity index (χ1) is 31.7. The van der Waals surface area contributed by atoms with E-state index in [1.807, 2.05) is 12.1 Å². The van der Waals surface area contributed by atoms with Crippen molar-refractivity contribution in [1.82, 2.24) is 4.57 Å². The predicted molar refractivity (Wildman–Crippen MR) is 264 cm³/mol. The maximum atomic E-state index is 6.56. The van der Waals surface area contributed by atoms with Crippen molar-refractivity contribution in [2.75, 3.05) is 4.90 Å². The summed E-state index contributed by atoms with van der Waals surface area (Å²) in [6.07, 6.45) is 8.65. The first kappa shape index (κ1) is 36.3. The fourth-order valence-corrected chi connectivity index (χ4v) is 10.1. The lowest BCUT2D eigenvalue weighted by Crippen LogP contribution is -2.15. The third-order valence-corrected chi connectivity index (χ3v) is 13.2. The molecule has 13 rings (SSSR count). The van der Waals surface area contributed by atoms with E-state index in [0.29, 0.717) is 0 Å². The van der Waals surface area contributed by atoms with Crippen LogP contribution in [0.4, 0.5) is 17.1 Å². The van der Waals surface area contributed by atoms with Crippen LogP contribution in [0.5, 0.6) is 5.75 Å². The molecule has 2 aliphatic rings. The molecule has 2 atom stereocenters. The van der Waals surface area contributed by atoms with E-state index >= 15 is 0 Å². The standard InChI is InChI=1S/C60H40N2O2/c1-2-12-43(13-3-1)62-55-21-7-4-14-49(55)54-38-42(30-37-56(54)62)39-24-31-44(32-25-39)61(45-33-26-40(27-34-45)47-17-10-19-52-50-15-5-8-22-57(50)63-59(47)52)46-35-28-41(29-36-46)48-18-11-20-53-51-16-6-9-23-58(51)64-60(48)53/h1-38,50,57H. The van der Waals surface area contributed by atoms with Crippen molar-refractivity contribution >= 4 is 60.8 Å². The van der Waals surface area contributed by atoms with Crippen LogP contribution in [0, 0.1) is 0 Å². The molecular weight excluding hydrogens is 781 g/mol. The van der Waals surface area contributed by atoms with Crippen LogP contribution in [-0.2, 0) is 0 Å². The number of hydrogen-bond donors (Lipinski definition) is 0. The smallest absolute Gasteiger partial charge is 0.143 e. The minimum Gasteiger partial charge on any atom is -0.484 e. The quantitative estimate of drug-likeness (QED) is 0.160. The monoisotopic (exact) mass is 820 g/mol. The molecule has 4 heteroatoms. The largest absolute Gasteiger partial charge is 0.484 e. The van der Waals surface area contributed by atoms with Gasteiger partial charge in [0.2, 0.25) is 0 Å². The van der Waals surface area contributed by atoms with E-state index in [2.05, 4.69) is 228 Å². The van der Waals surface area contributed by atoms with Crippen LogP contribution < -0.4 is 9.64 Å². The number of furan rings is 1. The lowest BCUT2D eigenvalue weighted by Gasteiger charge is -2.26. The van der Waals surface area contributed by atoms with Gasteiger partial charge in [-0.1, -0.05) is 152 Å². The van der Waals surface area contributed by atoms with Gasteiger partial charge in [-0.05, 0) is 101 Å². The average Bonchev–Trinajstić information content (AvgIpc) is 4.05. The molecule has 0 saturated carbocycles. The molecule has 3 heterocycles. The number of allylic oxidation sites excluding steroid dienone is 2. The van der Waals surface area contributed by atoms with Crippen molar-refractivity contribution in [1.29, 1.82) is 0 Å². The van der Waals surface area contributed by atoms with Crippen LogP contribution in [0.25, 0.3) is 82.8 Å². The maximum absolute atomic E-state index is 6.56. The molecule has 9 aromatic carbocycles. The summed E-state index contributed by atoms with van der Waals surface area (Å²) in [6.45, 7) is 0. The van der Waals surface area contributed by atoms with Gasteiger partial charge in [0.05, 0.1) is 11.0 Å². The van der Waals surface area contributed by atoms with E-state index in [9.17, 15) is 0 Å². The molecular formula is C60H40N2O2. The molecule has 11 aromatic rings. The van der Waals surface area contributed by atoms with E-state index in [-0.39, 0.29) is 12.0 Å². The fraction of sp³-hybridized carbons (Fsp3) is 0.0333. The molecule has 0 fully saturated rings. The SMILES string of the molecule is C1=CC2Oc3c(-c4ccc(N(c5ccc(-c6ccc7c(c6)c6ccccc6n7-c6ccccc6)cc5)c5ccc(-c6cccc7c6oc6ccccc67)cc5)cc4)cccc3C2C=C1. The molecule has 2 aromatic heterocycles. The van der Waals surface area contributed by atoms with Gasteiger partial charge in [-0.25, -0.2) is 0 Å². The number of ether oxygens (including phenoxy) is 1. The zero-order valence-corrected chi connectivity index (χ0v) is 34.8. The fourth-order valence-electron chi connectivity index (χ4n) is 10.1. The Morgan fingerprint density at radius 3 is 1.80 bits per heavy atom. The van der Waals surface area contributed by atoms with Crippen LogP contribution in [-0.4, -0.2) is 10.7 Å².